The summed E-state index contributed by atoms with van der Waals surface area (Å²) in [6.07, 6.45) is 8.62. The molecule has 4 aromatic rings. The van der Waals surface area contributed by atoms with Gasteiger partial charge in [0.15, 0.2) is 5.82 Å². The summed E-state index contributed by atoms with van der Waals surface area (Å²) in [4.78, 5) is 44.0. The number of hydrogen-bond donors (Lipinski definition) is 0. The highest BCUT2D eigenvalue weighted by molar-refractivity contribution is 6.02. The Balaban J connectivity index is 1.35. The number of rotatable bonds is 7. The minimum absolute atomic E-state index is 0.00640. The van der Waals surface area contributed by atoms with Gasteiger partial charge in [-0.1, -0.05) is 36.8 Å². The maximum atomic E-state index is 16.9. The van der Waals surface area contributed by atoms with Gasteiger partial charge in [0, 0.05) is 62.2 Å². The predicted octanol–water partition coefficient (Wildman–Crippen LogP) is 5.69. The van der Waals surface area contributed by atoms with E-state index in [1.165, 1.54) is 25.3 Å². The van der Waals surface area contributed by atoms with Crippen LogP contribution in [0.15, 0.2) is 49.2 Å². The van der Waals surface area contributed by atoms with Crippen molar-refractivity contribution >= 4 is 39.3 Å². The first-order valence-corrected chi connectivity index (χ1v) is 16.7. The second-order valence-corrected chi connectivity index (χ2v) is 13.7. The summed E-state index contributed by atoms with van der Waals surface area (Å²) in [7, 11) is 1.81. The van der Waals surface area contributed by atoms with Crippen molar-refractivity contribution in [3.05, 3.63) is 66.4 Å². The monoisotopic (exact) mass is 682 g/mol. The van der Waals surface area contributed by atoms with Gasteiger partial charge in [-0.15, -0.1) is 6.42 Å². The fourth-order valence-electron chi connectivity index (χ4n) is 8.35. The minimum Gasteiger partial charge on any atom is -0.463 e. The molecule has 2 aromatic carbocycles. The highest BCUT2D eigenvalue weighted by Crippen LogP contribution is 2.50. The molecule has 3 aliphatic rings. The smallest absolute Gasteiger partial charge is 0.319 e. The van der Waals surface area contributed by atoms with Crippen LogP contribution >= 0.6 is 0 Å². The average molecular weight is 683 g/mol. The van der Waals surface area contributed by atoms with Crippen molar-refractivity contribution in [2.24, 2.45) is 11.3 Å². The maximum Gasteiger partial charge on any atom is 0.319 e. The zero-order chi connectivity index (χ0) is 35.5. The molecular weight excluding hydrogens is 645 g/mol. The van der Waals surface area contributed by atoms with E-state index in [4.69, 9.17) is 16.1 Å². The normalized spacial score (nSPS) is 24.4. The Morgan fingerprint density at radius 1 is 1.24 bits per heavy atom. The van der Waals surface area contributed by atoms with E-state index in [2.05, 4.69) is 22.5 Å². The molecule has 0 spiro atoms. The number of anilines is 1. The lowest BCUT2D eigenvalue weighted by Gasteiger charge is -2.32. The minimum atomic E-state index is -1.02. The molecule has 5 atom stereocenters. The van der Waals surface area contributed by atoms with Crippen LogP contribution in [0.1, 0.15) is 38.7 Å². The summed E-state index contributed by atoms with van der Waals surface area (Å²) in [5.74, 6) is 0.976. The van der Waals surface area contributed by atoms with Crippen LogP contribution in [0.2, 0.25) is 0 Å². The van der Waals surface area contributed by atoms with Crippen molar-refractivity contribution in [1.82, 2.24) is 24.8 Å². The van der Waals surface area contributed by atoms with Gasteiger partial charge < -0.3 is 19.4 Å². The topological polar surface area (TPSA) is 91.8 Å². The van der Waals surface area contributed by atoms with Gasteiger partial charge in [0.05, 0.1) is 23.6 Å². The number of likely N-dealkylation sites (tertiary alicyclic amines) is 2. The van der Waals surface area contributed by atoms with Crippen LogP contribution in [-0.2, 0) is 9.59 Å². The largest absolute Gasteiger partial charge is 0.463 e. The summed E-state index contributed by atoms with van der Waals surface area (Å²) in [6.45, 7) is 8.38. The molecule has 4 heterocycles. The Hall–Kier alpha value is -5.18. The number of alkyl halides is 1. The number of amides is 2. The summed E-state index contributed by atoms with van der Waals surface area (Å²) < 4.78 is 52.8. The fraction of sp³-hybridized carbons (Fsp3) is 0.395. The molecule has 3 fully saturated rings. The van der Waals surface area contributed by atoms with Crippen molar-refractivity contribution in [3.63, 3.8) is 0 Å². The van der Waals surface area contributed by atoms with E-state index in [9.17, 15) is 18.4 Å². The van der Waals surface area contributed by atoms with Gasteiger partial charge >= 0.3 is 6.01 Å². The number of halogens is 3. The van der Waals surface area contributed by atoms with E-state index in [1.54, 1.807) is 34.1 Å². The van der Waals surface area contributed by atoms with E-state index >= 15 is 4.39 Å². The Bertz CT molecular complexity index is 2100. The van der Waals surface area contributed by atoms with Gasteiger partial charge in [-0.2, -0.15) is 9.97 Å². The average Bonchev–Trinajstić information content (AvgIpc) is 3.76. The Morgan fingerprint density at radius 2 is 2.04 bits per heavy atom. The lowest BCUT2D eigenvalue weighted by atomic mass is 9.81. The van der Waals surface area contributed by atoms with Crippen molar-refractivity contribution < 1.29 is 27.5 Å². The predicted molar refractivity (Wildman–Crippen MR) is 184 cm³/mol. The number of nitrogens with zero attached hydrogens (tertiary/aromatic N) is 6. The van der Waals surface area contributed by atoms with Gasteiger partial charge in [0.1, 0.15) is 29.0 Å². The maximum absolute atomic E-state index is 16.9. The third kappa shape index (κ3) is 5.39. The Labute approximate surface area is 288 Å². The van der Waals surface area contributed by atoms with E-state index in [0.29, 0.717) is 60.0 Å². The molecule has 1 aliphatic carbocycles. The van der Waals surface area contributed by atoms with Crippen molar-refractivity contribution in [3.8, 4) is 29.6 Å². The van der Waals surface area contributed by atoms with E-state index in [1.807, 2.05) is 18.9 Å². The van der Waals surface area contributed by atoms with E-state index in [0.717, 1.165) is 0 Å². The van der Waals surface area contributed by atoms with Crippen molar-refractivity contribution in [2.45, 2.75) is 51.4 Å². The number of aromatic nitrogens is 3. The first kappa shape index (κ1) is 33.3. The van der Waals surface area contributed by atoms with Crippen LogP contribution in [-0.4, -0.2) is 88.1 Å². The molecule has 1 saturated carbocycles. The summed E-state index contributed by atoms with van der Waals surface area (Å²) in [5.41, 5.74) is -0.508. The molecule has 2 aliphatic heterocycles. The quantitative estimate of drug-likeness (QED) is 0.183. The number of terminal acetylenes is 1. The van der Waals surface area contributed by atoms with Crippen LogP contribution in [0.5, 0.6) is 6.01 Å². The summed E-state index contributed by atoms with van der Waals surface area (Å²) in [6, 6.07) is 7.42. The molecule has 50 heavy (non-hydrogen) atoms. The number of likely N-dealkylation sites (N-methyl/N-ethyl adjacent to an activating group) is 1. The van der Waals surface area contributed by atoms with Gasteiger partial charge in [0.2, 0.25) is 11.8 Å². The number of pyridine rings is 1. The van der Waals surface area contributed by atoms with Crippen molar-refractivity contribution in [1.29, 1.82) is 0 Å². The third-order valence-electron chi connectivity index (χ3n) is 11.0. The second-order valence-electron chi connectivity index (χ2n) is 13.7. The van der Waals surface area contributed by atoms with E-state index < -0.39 is 23.2 Å². The second kappa shape index (κ2) is 12.6. The van der Waals surface area contributed by atoms with Crippen molar-refractivity contribution in [2.75, 3.05) is 38.2 Å². The number of hydrogen-bond acceptors (Lipinski definition) is 7. The molecule has 2 amide bonds. The first-order chi connectivity index (χ1) is 24.0. The lowest BCUT2D eigenvalue weighted by molar-refractivity contribution is -0.128. The number of ether oxygens (including phenoxy) is 1. The molecule has 7 rings (SSSR count). The lowest BCUT2D eigenvalue weighted by Crippen LogP contribution is -2.43. The third-order valence-corrected chi connectivity index (χ3v) is 11.0. The molecule has 1 unspecified atom stereocenters. The molecule has 2 saturated heterocycles. The van der Waals surface area contributed by atoms with Gasteiger partial charge in [-0.05, 0) is 49.6 Å². The molecule has 9 nitrogen and oxygen atoms in total. The summed E-state index contributed by atoms with van der Waals surface area (Å²) >= 11 is 0. The zero-order valence-electron chi connectivity index (χ0n) is 28.1. The Morgan fingerprint density at radius 3 is 2.78 bits per heavy atom. The number of carbonyl (C=O) groups excluding carboxylic acids is 2. The molecule has 0 radical (unpaired) electrons. The van der Waals surface area contributed by atoms with Crippen LogP contribution in [0.25, 0.3) is 32.9 Å². The first-order valence-electron chi connectivity index (χ1n) is 16.7. The summed E-state index contributed by atoms with van der Waals surface area (Å²) in [5, 5.41) is 1.26. The zero-order valence-corrected chi connectivity index (χ0v) is 28.1. The van der Waals surface area contributed by atoms with Gasteiger partial charge in [-0.25, -0.2) is 13.2 Å². The fourth-order valence-corrected chi connectivity index (χ4v) is 8.35. The SMILES string of the molecule is C#Cc1c(F)ccc2cccc(-c3ncc4c(N(C)[C@@H]5CCN(C(=O)C=C)[C@@H]5C)nc(OC[C@]56C[C@@H](F)CC5CN(C(C)=O)C6)nc4c3F)c12. The van der Waals surface area contributed by atoms with Gasteiger partial charge in [-0.3, -0.25) is 14.6 Å². The molecule has 0 N–H and O–H groups in total. The molecule has 258 valence electrons. The molecule has 12 heteroatoms. The number of fused-ring (bicyclic) bond motifs is 3. The number of benzene rings is 2. The Kier molecular flexibility index (Phi) is 8.40. The van der Waals surface area contributed by atoms with Gasteiger partial charge in [0.25, 0.3) is 0 Å². The molecular formula is C38H37F3N6O3. The van der Waals surface area contributed by atoms with Crippen LogP contribution in [0, 0.1) is 35.3 Å². The highest BCUT2D eigenvalue weighted by atomic mass is 19.1. The molecule has 2 aromatic heterocycles. The highest BCUT2D eigenvalue weighted by Gasteiger charge is 2.54. The molecule has 0 bridgehead atoms. The van der Waals surface area contributed by atoms with E-state index in [-0.39, 0.29) is 65.6 Å². The van der Waals surface area contributed by atoms with Crippen LogP contribution in [0.3, 0.4) is 0 Å². The standard InChI is InChI=1S/C38H37F3N6O3/c1-6-26-29(40)12-11-23-9-8-10-27(32(23)26)34-33(41)35-28(17-42-34)36(45(5)30-13-14-47(21(30)3)31(49)7-2)44-37(43-35)50-20-38-16-25(39)15-24(38)18-46(19-38)22(4)48/h1,7-12,17,21,24-25,30H,2,13-16,18-20H2,3-5H3/t21-,24?,25+,30-,38-/m1/s1. The number of carbonyl (C=O) groups is 2. The van der Waals surface area contributed by atoms with Crippen LogP contribution in [0.4, 0.5) is 19.0 Å². The van der Waals surface area contributed by atoms with Crippen LogP contribution < -0.4 is 9.64 Å².